The summed E-state index contributed by atoms with van der Waals surface area (Å²) in [4.78, 5) is 10.7. The van der Waals surface area contributed by atoms with Crippen LogP contribution >= 0.6 is 11.3 Å². The smallest absolute Gasteiger partial charge is 0.172 e. The molecule has 0 aliphatic heterocycles. The second-order valence-corrected chi connectivity index (χ2v) is 6.19. The topological polar surface area (TPSA) is 37.8 Å². The molecule has 108 valence electrons. The Morgan fingerprint density at radius 3 is 2.71 bits per heavy atom. The summed E-state index contributed by atoms with van der Waals surface area (Å²) in [5.74, 6) is 1.76. The monoisotopic (exact) mass is 297 g/mol. The highest BCUT2D eigenvalue weighted by Crippen LogP contribution is 2.30. The Morgan fingerprint density at radius 2 is 2.00 bits per heavy atom. The molecule has 0 bridgehead atoms. The van der Waals surface area contributed by atoms with Gasteiger partial charge in [-0.15, -0.1) is 11.3 Å². The van der Waals surface area contributed by atoms with Crippen molar-refractivity contribution in [3.05, 3.63) is 40.8 Å². The highest BCUT2D eigenvalue weighted by atomic mass is 32.1. The average molecular weight is 297 g/mol. The van der Waals surface area contributed by atoms with Gasteiger partial charge in [0.25, 0.3) is 0 Å². The van der Waals surface area contributed by atoms with Crippen molar-refractivity contribution in [1.82, 2.24) is 9.97 Å². The summed E-state index contributed by atoms with van der Waals surface area (Å²) in [7, 11) is 0. The van der Waals surface area contributed by atoms with Gasteiger partial charge in [-0.05, 0) is 49.4 Å². The second kappa shape index (κ2) is 5.82. The largest absolute Gasteiger partial charge is 0.369 e. The van der Waals surface area contributed by atoms with Crippen LogP contribution in [0.2, 0.25) is 0 Å². The Labute approximate surface area is 129 Å². The van der Waals surface area contributed by atoms with E-state index in [0.29, 0.717) is 0 Å². The first-order valence-electron chi connectivity index (χ1n) is 7.25. The van der Waals surface area contributed by atoms with Crippen molar-refractivity contribution >= 4 is 28.1 Å². The molecule has 3 rings (SSSR count). The van der Waals surface area contributed by atoms with Gasteiger partial charge in [-0.25, -0.2) is 9.97 Å². The molecule has 0 amide bonds. The van der Waals surface area contributed by atoms with Crippen LogP contribution in [0.1, 0.15) is 24.5 Å². The van der Waals surface area contributed by atoms with Crippen LogP contribution in [0, 0.1) is 13.8 Å². The number of aromatic nitrogens is 2. The molecule has 3 nitrogen and oxygen atoms in total. The maximum Gasteiger partial charge on any atom is 0.172 e. The van der Waals surface area contributed by atoms with Crippen molar-refractivity contribution in [1.29, 1.82) is 0 Å². The number of benzene rings is 1. The fraction of sp³-hybridized carbons (Fsp3) is 0.294. The van der Waals surface area contributed by atoms with Crippen molar-refractivity contribution in [3.8, 4) is 10.7 Å². The Balaban J connectivity index is 2.19. The molecule has 2 aromatic heterocycles. The maximum atomic E-state index is 4.77. The van der Waals surface area contributed by atoms with Crippen LogP contribution in [0.25, 0.3) is 21.6 Å². The Kier molecular flexibility index (Phi) is 3.88. The SMILES string of the molecule is CCCNc1nc(-c2sccc2C)nc2ccc(C)cc12. The van der Waals surface area contributed by atoms with Crippen LogP contribution in [0.3, 0.4) is 0 Å². The molecule has 2 heterocycles. The van der Waals surface area contributed by atoms with Crippen molar-refractivity contribution in [3.63, 3.8) is 0 Å². The minimum absolute atomic E-state index is 0.817. The quantitative estimate of drug-likeness (QED) is 0.752. The molecule has 0 aliphatic carbocycles. The van der Waals surface area contributed by atoms with E-state index in [2.05, 4.69) is 55.7 Å². The van der Waals surface area contributed by atoms with Crippen molar-refractivity contribution in [2.24, 2.45) is 0 Å². The van der Waals surface area contributed by atoms with Gasteiger partial charge < -0.3 is 5.32 Å². The molecule has 0 saturated carbocycles. The van der Waals surface area contributed by atoms with E-state index in [1.54, 1.807) is 11.3 Å². The Morgan fingerprint density at radius 1 is 1.14 bits per heavy atom. The van der Waals surface area contributed by atoms with Gasteiger partial charge in [-0.2, -0.15) is 0 Å². The minimum atomic E-state index is 0.817. The summed E-state index contributed by atoms with van der Waals surface area (Å²) in [5.41, 5.74) is 3.45. The van der Waals surface area contributed by atoms with E-state index >= 15 is 0 Å². The molecule has 0 radical (unpaired) electrons. The third-order valence-corrected chi connectivity index (χ3v) is 4.47. The number of anilines is 1. The number of aryl methyl sites for hydroxylation is 2. The van der Waals surface area contributed by atoms with E-state index in [-0.39, 0.29) is 0 Å². The standard InChI is InChI=1S/C17H19N3S/c1-4-8-18-16-13-10-11(2)5-6-14(13)19-17(20-16)15-12(3)7-9-21-15/h5-7,9-10H,4,8H2,1-3H3,(H,18,19,20). The van der Waals surface area contributed by atoms with Crippen LogP contribution in [0.5, 0.6) is 0 Å². The van der Waals surface area contributed by atoms with E-state index < -0.39 is 0 Å². The first-order valence-corrected chi connectivity index (χ1v) is 8.13. The van der Waals surface area contributed by atoms with Crippen LogP contribution in [-0.2, 0) is 0 Å². The summed E-state index contributed by atoms with van der Waals surface area (Å²) in [5, 5.41) is 6.63. The van der Waals surface area contributed by atoms with Crippen molar-refractivity contribution in [2.45, 2.75) is 27.2 Å². The zero-order valence-electron chi connectivity index (χ0n) is 12.6. The summed E-state index contributed by atoms with van der Waals surface area (Å²) in [6.07, 6.45) is 1.07. The highest BCUT2D eigenvalue weighted by molar-refractivity contribution is 7.13. The fourth-order valence-electron chi connectivity index (χ4n) is 2.32. The lowest BCUT2D eigenvalue weighted by Crippen LogP contribution is -2.04. The summed E-state index contributed by atoms with van der Waals surface area (Å²) in [6, 6.07) is 8.44. The zero-order valence-corrected chi connectivity index (χ0v) is 13.4. The number of hydrogen-bond donors (Lipinski definition) is 1. The van der Waals surface area contributed by atoms with Crippen LogP contribution in [0.15, 0.2) is 29.6 Å². The van der Waals surface area contributed by atoms with E-state index in [1.165, 1.54) is 11.1 Å². The van der Waals surface area contributed by atoms with Gasteiger partial charge in [-0.3, -0.25) is 0 Å². The normalized spacial score (nSPS) is 11.0. The highest BCUT2D eigenvalue weighted by Gasteiger charge is 2.12. The predicted octanol–water partition coefficient (Wildman–Crippen LogP) is 4.80. The Bertz CT molecular complexity index is 777. The van der Waals surface area contributed by atoms with E-state index in [9.17, 15) is 0 Å². The van der Waals surface area contributed by atoms with Gasteiger partial charge in [0.1, 0.15) is 5.82 Å². The summed E-state index contributed by atoms with van der Waals surface area (Å²) in [6.45, 7) is 7.28. The van der Waals surface area contributed by atoms with Crippen molar-refractivity contribution < 1.29 is 0 Å². The molecule has 1 N–H and O–H groups in total. The first-order chi connectivity index (χ1) is 10.2. The van der Waals surface area contributed by atoms with Crippen LogP contribution in [-0.4, -0.2) is 16.5 Å². The molecule has 0 saturated heterocycles. The molecule has 0 unspecified atom stereocenters. The van der Waals surface area contributed by atoms with E-state index in [4.69, 9.17) is 9.97 Å². The van der Waals surface area contributed by atoms with Crippen LogP contribution in [0.4, 0.5) is 5.82 Å². The molecule has 3 aromatic rings. The Hall–Kier alpha value is -1.94. The lowest BCUT2D eigenvalue weighted by atomic mass is 10.1. The average Bonchev–Trinajstić information content (AvgIpc) is 2.91. The third kappa shape index (κ3) is 2.76. The predicted molar refractivity (Wildman–Crippen MR) is 91.1 cm³/mol. The zero-order chi connectivity index (χ0) is 14.8. The second-order valence-electron chi connectivity index (χ2n) is 5.28. The van der Waals surface area contributed by atoms with E-state index in [0.717, 1.165) is 40.4 Å². The summed E-state index contributed by atoms with van der Waals surface area (Å²) >= 11 is 1.69. The first kappa shape index (κ1) is 14.0. The molecule has 0 atom stereocenters. The molecular weight excluding hydrogens is 278 g/mol. The molecule has 4 heteroatoms. The number of fused-ring (bicyclic) bond motifs is 1. The fourth-order valence-corrected chi connectivity index (χ4v) is 3.18. The number of rotatable bonds is 4. The van der Waals surface area contributed by atoms with E-state index in [1.807, 2.05) is 0 Å². The number of nitrogens with zero attached hydrogens (tertiary/aromatic N) is 2. The van der Waals surface area contributed by atoms with Gasteiger partial charge in [0.2, 0.25) is 0 Å². The number of hydrogen-bond acceptors (Lipinski definition) is 4. The van der Waals surface area contributed by atoms with Gasteiger partial charge in [0.15, 0.2) is 5.82 Å². The maximum absolute atomic E-state index is 4.77. The van der Waals surface area contributed by atoms with Gasteiger partial charge in [0, 0.05) is 11.9 Å². The summed E-state index contributed by atoms with van der Waals surface area (Å²) < 4.78 is 0. The van der Waals surface area contributed by atoms with Crippen LogP contribution < -0.4 is 5.32 Å². The van der Waals surface area contributed by atoms with Gasteiger partial charge >= 0.3 is 0 Å². The minimum Gasteiger partial charge on any atom is -0.369 e. The van der Waals surface area contributed by atoms with Crippen molar-refractivity contribution in [2.75, 3.05) is 11.9 Å². The lowest BCUT2D eigenvalue weighted by molar-refractivity contribution is 0.970. The molecule has 1 aromatic carbocycles. The molecule has 0 aliphatic rings. The number of thiophene rings is 1. The number of nitrogens with one attached hydrogen (secondary N) is 1. The molecular formula is C17H19N3S. The molecule has 21 heavy (non-hydrogen) atoms. The lowest BCUT2D eigenvalue weighted by Gasteiger charge is -2.10. The third-order valence-electron chi connectivity index (χ3n) is 3.46. The molecule has 0 fully saturated rings. The molecule has 0 spiro atoms. The van der Waals surface area contributed by atoms with Gasteiger partial charge in [0.05, 0.1) is 10.4 Å². The van der Waals surface area contributed by atoms with Gasteiger partial charge in [-0.1, -0.05) is 18.6 Å².